The molecule has 1 rings (SSSR count). The quantitative estimate of drug-likeness (QED) is 0.633. The Labute approximate surface area is 95.9 Å². The molecular formula is C11H19N3S. The van der Waals surface area contributed by atoms with Crippen molar-refractivity contribution in [3.8, 4) is 0 Å². The van der Waals surface area contributed by atoms with E-state index in [0.717, 1.165) is 16.5 Å². The van der Waals surface area contributed by atoms with Crippen LogP contribution in [-0.4, -0.2) is 21.8 Å². The third-order valence-electron chi connectivity index (χ3n) is 2.26. The van der Waals surface area contributed by atoms with Crippen LogP contribution in [0, 0.1) is 12.3 Å². The van der Waals surface area contributed by atoms with Crippen LogP contribution < -0.4 is 5.73 Å². The van der Waals surface area contributed by atoms with Gasteiger partial charge in [-0.3, -0.25) is 0 Å². The summed E-state index contributed by atoms with van der Waals surface area (Å²) >= 11 is 1.62. The predicted octanol–water partition coefficient (Wildman–Crippen LogP) is 2.25. The second-order valence-corrected chi connectivity index (χ2v) is 5.81. The molecule has 0 aliphatic rings. The fourth-order valence-corrected chi connectivity index (χ4v) is 1.95. The third-order valence-corrected chi connectivity index (χ3v) is 3.26. The lowest BCUT2D eigenvalue weighted by atomic mass is 9.89. The number of nitrogens with two attached hydrogens (primary N) is 1. The van der Waals surface area contributed by atoms with Crippen LogP contribution in [0.1, 0.15) is 26.3 Å². The van der Waals surface area contributed by atoms with Gasteiger partial charge < -0.3 is 5.73 Å². The van der Waals surface area contributed by atoms with Crippen LogP contribution in [0.5, 0.6) is 0 Å². The highest BCUT2D eigenvalue weighted by atomic mass is 32.2. The first kappa shape index (κ1) is 12.5. The molecule has 1 aromatic heterocycles. The molecule has 0 aliphatic carbocycles. The van der Waals surface area contributed by atoms with Crippen molar-refractivity contribution in [2.75, 3.05) is 5.75 Å². The molecule has 0 fully saturated rings. The lowest BCUT2D eigenvalue weighted by Crippen LogP contribution is -2.37. The Morgan fingerprint density at radius 2 is 1.87 bits per heavy atom. The molecule has 0 amide bonds. The minimum absolute atomic E-state index is 0.137. The van der Waals surface area contributed by atoms with E-state index in [4.69, 9.17) is 5.73 Å². The normalized spacial score (nSPS) is 13.9. The van der Waals surface area contributed by atoms with Gasteiger partial charge in [0.2, 0.25) is 0 Å². The smallest absolute Gasteiger partial charge is 0.187 e. The second-order valence-electron chi connectivity index (χ2n) is 4.83. The van der Waals surface area contributed by atoms with Gasteiger partial charge in [0.25, 0.3) is 0 Å². The lowest BCUT2D eigenvalue weighted by Gasteiger charge is -2.26. The summed E-state index contributed by atoms with van der Waals surface area (Å²) in [5, 5.41) is 0.806. The van der Waals surface area contributed by atoms with Crippen molar-refractivity contribution < 1.29 is 0 Å². The number of aromatic nitrogens is 2. The molecule has 0 radical (unpaired) electrons. The minimum atomic E-state index is 0.137. The van der Waals surface area contributed by atoms with Crippen molar-refractivity contribution >= 4 is 11.8 Å². The van der Waals surface area contributed by atoms with Crippen LogP contribution in [0.15, 0.2) is 17.6 Å². The van der Waals surface area contributed by atoms with Crippen molar-refractivity contribution in [2.45, 2.75) is 38.9 Å². The molecule has 0 bridgehead atoms. The van der Waals surface area contributed by atoms with E-state index in [1.54, 1.807) is 11.8 Å². The number of thioether (sulfide) groups is 1. The van der Waals surface area contributed by atoms with Crippen LogP contribution in [0.4, 0.5) is 0 Å². The van der Waals surface area contributed by atoms with Crippen LogP contribution in [0.25, 0.3) is 0 Å². The van der Waals surface area contributed by atoms with E-state index in [2.05, 4.69) is 30.7 Å². The van der Waals surface area contributed by atoms with Crippen molar-refractivity contribution in [2.24, 2.45) is 11.1 Å². The summed E-state index contributed by atoms with van der Waals surface area (Å²) in [6, 6.07) is 0.160. The molecule has 1 heterocycles. The standard InChI is InChI=1S/C11H19N3S/c1-8-5-13-10(14-6-8)15-7-9(12)11(2,3)4/h5-6,9H,7,12H2,1-4H3. The minimum Gasteiger partial charge on any atom is -0.326 e. The average molecular weight is 225 g/mol. The molecule has 0 spiro atoms. The molecule has 0 saturated carbocycles. The van der Waals surface area contributed by atoms with E-state index < -0.39 is 0 Å². The fraction of sp³-hybridized carbons (Fsp3) is 0.636. The van der Waals surface area contributed by atoms with Crippen molar-refractivity contribution in [3.63, 3.8) is 0 Å². The Kier molecular flexibility index (Phi) is 4.11. The van der Waals surface area contributed by atoms with E-state index in [1.807, 2.05) is 19.3 Å². The highest BCUT2D eigenvalue weighted by Gasteiger charge is 2.20. The van der Waals surface area contributed by atoms with Crippen molar-refractivity contribution in [1.29, 1.82) is 0 Å². The maximum atomic E-state index is 6.05. The largest absolute Gasteiger partial charge is 0.326 e. The first-order valence-electron chi connectivity index (χ1n) is 5.06. The summed E-state index contributed by atoms with van der Waals surface area (Å²) in [5.41, 5.74) is 7.27. The maximum absolute atomic E-state index is 6.05. The van der Waals surface area contributed by atoms with Gasteiger partial charge >= 0.3 is 0 Å². The second kappa shape index (κ2) is 4.94. The summed E-state index contributed by atoms with van der Waals surface area (Å²) in [6.07, 6.45) is 3.66. The maximum Gasteiger partial charge on any atom is 0.187 e. The molecule has 1 unspecified atom stereocenters. The third kappa shape index (κ3) is 4.18. The lowest BCUT2D eigenvalue weighted by molar-refractivity contribution is 0.344. The Hall–Kier alpha value is -0.610. The monoisotopic (exact) mass is 225 g/mol. The van der Waals surface area contributed by atoms with Crippen LogP contribution in [0.3, 0.4) is 0 Å². The van der Waals surface area contributed by atoms with Gasteiger partial charge in [0, 0.05) is 24.2 Å². The molecular weight excluding hydrogens is 206 g/mol. The van der Waals surface area contributed by atoms with Gasteiger partial charge in [0.05, 0.1) is 0 Å². The SMILES string of the molecule is Cc1cnc(SCC(N)C(C)(C)C)nc1. The highest BCUT2D eigenvalue weighted by molar-refractivity contribution is 7.99. The number of nitrogens with zero attached hydrogens (tertiary/aromatic N) is 2. The van der Waals surface area contributed by atoms with Crippen LogP contribution in [-0.2, 0) is 0 Å². The summed E-state index contributed by atoms with van der Waals surface area (Å²) in [7, 11) is 0. The first-order chi connectivity index (χ1) is 6.89. The number of rotatable bonds is 3. The van der Waals surface area contributed by atoms with Crippen LogP contribution >= 0.6 is 11.8 Å². The molecule has 3 nitrogen and oxygen atoms in total. The average Bonchev–Trinajstić information content (AvgIpc) is 2.15. The zero-order chi connectivity index (χ0) is 11.5. The molecule has 0 saturated heterocycles. The zero-order valence-corrected chi connectivity index (χ0v) is 10.6. The molecule has 2 N–H and O–H groups in total. The van der Waals surface area contributed by atoms with Gasteiger partial charge in [0.15, 0.2) is 5.16 Å². The van der Waals surface area contributed by atoms with Crippen molar-refractivity contribution in [3.05, 3.63) is 18.0 Å². The molecule has 0 aromatic carbocycles. The zero-order valence-electron chi connectivity index (χ0n) is 9.82. The number of aryl methyl sites for hydroxylation is 1. The summed E-state index contributed by atoms with van der Waals surface area (Å²) < 4.78 is 0. The fourth-order valence-electron chi connectivity index (χ4n) is 0.870. The summed E-state index contributed by atoms with van der Waals surface area (Å²) in [5.74, 6) is 0.854. The Morgan fingerprint density at radius 1 is 1.33 bits per heavy atom. The summed E-state index contributed by atoms with van der Waals surface area (Å²) in [6.45, 7) is 8.42. The predicted molar refractivity (Wildman–Crippen MR) is 64.9 cm³/mol. The van der Waals surface area contributed by atoms with E-state index >= 15 is 0 Å². The van der Waals surface area contributed by atoms with E-state index in [-0.39, 0.29) is 11.5 Å². The van der Waals surface area contributed by atoms with Gasteiger partial charge in [-0.1, -0.05) is 32.5 Å². The Bertz CT molecular complexity index is 303. The number of hydrogen-bond donors (Lipinski definition) is 1. The molecule has 1 aromatic rings. The van der Waals surface area contributed by atoms with Gasteiger partial charge in [-0.15, -0.1) is 0 Å². The van der Waals surface area contributed by atoms with E-state index in [1.165, 1.54) is 0 Å². The molecule has 1 atom stereocenters. The van der Waals surface area contributed by atoms with Crippen molar-refractivity contribution in [1.82, 2.24) is 9.97 Å². The Balaban J connectivity index is 2.47. The van der Waals surface area contributed by atoms with Gasteiger partial charge in [-0.05, 0) is 17.9 Å². The molecule has 15 heavy (non-hydrogen) atoms. The molecule has 0 aliphatic heterocycles. The van der Waals surface area contributed by atoms with Gasteiger partial charge in [-0.2, -0.15) is 0 Å². The van der Waals surface area contributed by atoms with E-state index in [0.29, 0.717) is 0 Å². The molecule has 84 valence electrons. The van der Waals surface area contributed by atoms with Gasteiger partial charge in [0.1, 0.15) is 0 Å². The highest BCUT2D eigenvalue weighted by Crippen LogP contribution is 2.23. The summed E-state index contributed by atoms with van der Waals surface area (Å²) in [4.78, 5) is 8.46. The van der Waals surface area contributed by atoms with Gasteiger partial charge in [-0.25, -0.2) is 9.97 Å². The Morgan fingerprint density at radius 3 is 2.33 bits per heavy atom. The topological polar surface area (TPSA) is 51.8 Å². The molecule has 4 heteroatoms. The first-order valence-corrected chi connectivity index (χ1v) is 6.05. The van der Waals surface area contributed by atoms with E-state index in [9.17, 15) is 0 Å². The van der Waals surface area contributed by atoms with Crippen LogP contribution in [0.2, 0.25) is 0 Å². The number of hydrogen-bond acceptors (Lipinski definition) is 4.